The quantitative estimate of drug-likeness (QED) is 0.511. The molecule has 0 aliphatic carbocycles. The van der Waals surface area contributed by atoms with Gasteiger partial charge in [-0.25, -0.2) is 9.97 Å². The first-order valence-corrected chi connectivity index (χ1v) is 10.2. The highest BCUT2D eigenvalue weighted by Crippen LogP contribution is 2.36. The molecule has 0 spiro atoms. The third kappa shape index (κ3) is 5.35. The molecule has 3 rings (SSSR count). The van der Waals surface area contributed by atoms with Crippen molar-refractivity contribution in [3.8, 4) is 5.13 Å². The molecule has 0 unspecified atom stereocenters. The first-order valence-electron chi connectivity index (χ1n) is 9.43. The van der Waals surface area contributed by atoms with Crippen LogP contribution in [0, 0.1) is 6.92 Å². The fourth-order valence-electron chi connectivity index (χ4n) is 2.87. The molecule has 2 heterocycles. The Morgan fingerprint density at radius 1 is 1.03 bits per heavy atom. The van der Waals surface area contributed by atoms with Crippen LogP contribution < -0.4 is 10.6 Å². The topological polar surface area (TPSA) is 102 Å². The van der Waals surface area contributed by atoms with Gasteiger partial charge in [-0.2, -0.15) is 31.0 Å². The van der Waals surface area contributed by atoms with Gasteiger partial charge in [-0.15, -0.1) is 5.10 Å². The fraction of sp³-hybridized carbons (Fsp3) is 0.316. The first-order chi connectivity index (χ1) is 15.7. The van der Waals surface area contributed by atoms with E-state index in [1.165, 1.54) is 31.8 Å². The summed E-state index contributed by atoms with van der Waals surface area (Å²) in [6.45, 7) is 2.95. The maximum Gasteiger partial charge on any atom is 0.416 e. The van der Waals surface area contributed by atoms with Crippen LogP contribution in [0.4, 0.5) is 26.3 Å². The van der Waals surface area contributed by atoms with Gasteiger partial charge in [0.25, 0.3) is 11.8 Å². The third-order valence-corrected chi connectivity index (χ3v) is 5.42. The van der Waals surface area contributed by atoms with E-state index in [2.05, 4.69) is 25.7 Å². The molecule has 2 N–H and O–H groups in total. The van der Waals surface area contributed by atoms with Crippen LogP contribution >= 0.6 is 11.3 Å². The van der Waals surface area contributed by atoms with Gasteiger partial charge in [0, 0.05) is 12.6 Å². The average Bonchev–Trinajstić information content (AvgIpc) is 3.38. The smallest absolute Gasteiger partial charge is 0.354 e. The van der Waals surface area contributed by atoms with Gasteiger partial charge < -0.3 is 10.6 Å². The number of hydrogen-bond donors (Lipinski definition) is 2. The van der Waals surface area contributed by atoms with Gasteiger partial charge in [-0.1, -0.05) is 11.3 Å². The van der Waals surface area contributed by atoms with Crippen molar-refractivity contribution in [3.63, 3.8) is 0 Å². The predicted octanol–water partition coefficient (Wildman–Crippen LogP) is 3.92. The normalized spacial score (nSPS) is 13.0. The monoisotopic (exact) mass is 506 g/mol. The van der Waals surface area contributed by atoms with Gasteiger partial charge in [0.2, 0.25) is 5.13 Å². The van der Waals surface area contributed by atoms with Gasteiger partial charge in [-0.3, -0.25) is 9.59 Å². The van der Waals surface area contributed by atoms with Crippen molar-refractivity contribution in [2.24, 2.45) is 0 Å². The first kappa shape index (κ1) is 25.1. The summed E-state index contributed by atoms with van der Waals surface area (Å²) in [6, 6.07) is -0.384. The molecule has 1 atom stereocenters. The summed E-state index contributed by atoms with van der Waals surface area (Å²) in [5.41, 5.74) is -4.04. The van der Waals surface area contributed by atoms with Gasteiger partial charge >= 0.3 is 12.4 Å². The minimum absolute atomic E-state index is 0.0628. The Labute approximate surface area is 192 Å². The molecule has 0 aliphatic rings. The van der Waals surface area contributed by atoms with Crippen LogP contribution in [0.2, 0.25) is 0 Å². The molecule has 34 heavy (non-hydrogen) atoms. The fourth-order valence-corrected chi connectivity index (χ4v) is 3.70. The van der Waals surface area contributed by atoms with E-state index in [0.29, 0.717) is 12.1 Å². The second kappa shape index (κ2) is 9.04. The van der Waals surface area contributed by atoms with Crippen LogP contribution in [0.5, 0.6) is 0 Å². The highest BCUT2D eigenvalue weighted by atomic mass is 32.1. The summed E-state index contributed by atoms with van der Waals surface area (Å²) in [4.78, 5) is 32.9. The number of amides is 2. The average molecular weight is 506 g/mol. The molecule has 0 fully saturated rings. The molecule has 0 aliphatic heterocycles. The molecule has 0 saturated heterocycles. The number of carbonyl (C=O) groups is 2. The van der Waals surface area contributed by atoms with Gasteiger partial charge in [-0.05, 0) is 32.0 Å². The molecule has 1 aromatic carbocycles. The van der Waals surface area contributed by atoms with Crippen molar-refractivity contribution < 1.29 is 35.9 Å². The molecule has 0 radical (unpaired) electrons. The largest absolute Gasteiger partial charge is 0.416 e. The maximum atomic E-state index is 13.1. The van der Waals surface area contributed by atoms with E-state index in [-0.39, 0.29) is 27.7 Å². The third-order valence-electron chi connectivity index (χ3n) is 4.45. The van der Waals surface area contributed by atoms with E-state index in [1.54, 1.807) is 0 Å². The molecule has 2 amide bonds. The summed E-state index contributed by atoms with van der Waals surface area (Å²) in [5, 5.41) is 9.13. The van der Waals surface area contributed by atoms with Crippen molar-refractivity contribution >= 4 is 23.2 Å². The molecule has 182 valence electrons. The number of thiazole rings is 1. The van der Waals surface area contributed by atoms with Crippen molar-refractivity contribution in [1.29, 1.82) is 0 Å². The molecule has 3 aromatic rings. The van der Waals surface area contributed by atoms with Crippen LogP contribution in [0.25, 0.3) is 5.13 Å². The van der Waals surface area contributed by atoms with E-state index in [0.717, 1.165) is 11.3 Å². The number of alkyl halides is 6. The minimum atomic E-state index is -5.09. The lowest BCUT2D eigenvalue weighted by Crippen LogP contribution is -2.29. The predicted molar refractivity (Wildman–Crippen MR) is 107 cm³/mol. The zero-order valence-electron chi connectivity index (χ0n) is 17.7. The van der Waals surface area contributed by atoms with Crippen molar-refractivity contribution in [3.05, 3.63) is 57.6 Å². The Balaban J connectivity index is 1.93. The van der Waals surface area contributed by atoms with Crippen LogP contribution in [-0.2, 0) is 12.4 Å². The lowest BCUT2D eigenvalue weighted by atomic mass is 10.0. The van der Waals surface area contributed by atoms with Crippen LogP contribution in [0.15, 0.2) is 24.4 Å². The zero-order chi connectivity index (χ0) is 25.4. The number of carbonyl (C=O) groups excluding carboxylic acids is 2. The summed E-state index contributed by atoms with van der Waals surface area (Å²) in [7, 11) is 1.43. The standard InChI is InChI=1S/C19H16F6N6O2S/c1-8(14-29-9(2)30-31(14)17-27-7-13(34-17)16(33)26-3)28-15(32)10-4-11(18(20,21)22)6-12(5-10)19(23,24)25/h4-8H,1-3H3,(H,26,33)(H,28,32)/t8-/m0/s1. The van der Waals surface area contributed by atoms with Crippen molar-refractivity contribution in [1.82, 2.24) is 30.4 Å². The number of halogens is 6. The number of rotatable bonds is 5. The van der Waals surface area contributed by atoms with Gasteiger partial charge in [0.15, 0.2) is 5.82 Å². The summed E-state index contributed by atoms with van der Waals surface area (Å²) >= 11 is 0.963. The molecular weight excluding hydrogens is 490 g/mol. The Morgan fingerprint density at radius 3 is 2.15 bits per heavy atom. The van der Waals surface area contributed by atoms with Gasteiger partial charge in [0.05, 0.1) is 23.4 Å². The van der Waals surface area contributed by atoms with Crippen molar-refractivity contribution in [2.75, 3.05) is 7.05 Å². The number of nitrogens with zero attached hydrogens (tertiary/aromatic N) is 4. The number of benzene rings is 1. The molecule has 0 bridgehead atoms. The highest BCUT2D eigenvalue weighted by Gasteiger charge is 2.37. The Hall–Kier alpha value is -3.49. The number of hydrogen-bond acceptors (Lipinski definition) is 6. The molecule has 0 saturated carbocycles. The zero-order valence-corrected chi connectivity index (χ0v) is 18.5. The van der Waals surface area contributed by atoms with E-state index in [1.807, 2.05) is 0 Å². The van der Waals surface area contributed by atoms with Gasteiger partial charge in [0.1, 0.15) is 10.7 Å². The van der Waals surface area contributed by atoms with E-state index >= 15 is 0 Å². The van der Waals surface area contributed by atoms with Crippen LogP contribution in [0.1, 0.15) is 55.8 Å². The lowest BCUT2D eigenvalue weighted by Gasteiger charge is -2.16. The number of nitrogens with one attached hydrogen (secondary N) is 2. The van der Waals surface area contributed by atoms with E-state index in [4.69, 9.17) is 0 Å². The molecular formula is C19H16F6N6O2S. The molecule has 15 heteroatoms. The number of aryl methyl sites for hydroxylation is 1. The summed E-state index contributed by atoms with van der Waals surface area (Å²) in [5.74, 6) is -1.21. The number of aromatic nitrogens is 4. The minimum Gasteiger partial charge on any atom is -0.354 e. The van der Waals surface area contributed by atoms with Crippen molar-refractivity contribution in [2.45, 2.75) is 32.2 Å². The Bertz CT molecular complexity index is 1200. The second-order valence-electron chi connectivity index (χ2n) is 7.00. The Kier molecular flexibility index (Phi) is 6.68. The summed E-state index contributed by atoms with van der Waals surface area (Å²) < 4.78 is 79.8. The second-order valence-corrected chi connectivity index (χ2v) is 8.01. The van der Waals surface area contributed by atoms with Crippen LogP contribution in [-0.4, -0.2) is 38.6 Å². The summed E-state index contributed by atoms with van der Waals surface area (Å²) in [6.07, 6.45) is -8.89. The Morgan fingerprint density at radius 2 is 1.62 bits per heavy atom. The highest BCUT2D eigenvalue weighted by molar-refractivity contribution is 7.16. The van der Waals surface area contributed by atoms with E-state index in [9.17, 15) is 35.9 Å². The lowest BCUT2D eigenvalue weighted by molar-refractivity contribution is -0.143. The maximum absolute atomic E-state index is 13.1. The molecule has 8 nitrogen and oxygen atoms in total. The molecule has 2 aromatic heterocycles. The van der Waals surface area contributed by atoms with Crippen LogP contribution in [0.3, 0.4) is 0 Å². The SMILES string of the molecule is CNC(=O)c1cnc(-n2nc(C)nc2[C@H](C)NC(=O)c2cc(C(F)(F)F)cc(C(F)(F)F)c2)s1. The van der Waals surface area contributed by atoms with E-state index < -0.39 is 46.9 Å².